The second kappa shape index (κ2) is 7.02. The van der Waals surface area contributed by atoms with E-state index in [1.165, 1.54) is 18.9 Å². The Bertz CT molecular complexity index is 548. The second-order valence-corrected chi connectivity index (χ2v) is 6.47. The molecule has 0 heterocycles. The Morgan fingerprint density at radius 3 is 2.76 bits per heavy atom. The van der Waals surface area contributed by atoms with E-state index in [2.05, 4.69) is 28.2 Å². The van der Waals surface area contributed by atoms with Gasteiger partial charge < -0.3 is 5.32 Å². The van der Waals surface area contributed by atoms with Crippen molar-refractivity contribution in [1.82, 2.24) is 5.32 Å². The highest BCUT2D eigenvalue weighted by Crippen LogP contribution is 2.27. The number of hydrogen-bond donors (Lipinski definition) is 1. The summed E-state index contributed by atoms with van der Waals surface area (Å²) in [6, 6.07) is 4.63. The highest BCUT2D eigenvalue weighted by Gasteiger charge is 2.23. The molecule has 1 aromatic carbocycles. The number of nitrogens with one attached hydrogen (secondary N) is 1. The van der Waals surface area contributed by atoms with E-state index in [4.69, 9.17) is 0 Å². The zero-order valence-electron chi connectivity index (χ0n) is 12.0. The van der Waals surface area contributed by atoms with Crippen LogP contribution in [-0.2, 0) is 0 Å². The predicted molar refractivity (Wildman–Crippen MR) is 84.3 cm³/mol. The van der Waals surface area contributed by atoms with Gasteiger partial charge in [0.1, 0.15) is 0 Å². The van der Waals surface area contributed by atoms with Crippen LogP contribution in [-0.4, -0.2) is 16.9 Å². The summed E-state index contributed by atoms with van der Waals surface area (Å²) < 4.78 is 0.381. The van der Waals surface area contributed by atoms with E-state index >= 15 is 0 Å². The molecule has 1 aromatic rings. The number of rotatable bonds is 3. The standard InChI is InChI=1S/C15H19BrN2O3/c1-10-5-3-2-4-6-13(10)17-15(19)11-7-8-12(16)14(9-11)18(20)21/h7-10,13H,2-6H2,1H3,(H,17,19). The Labute approximate surface area is 132 Å². The summed E-state index contributed by atoms with van der Waals surface area (Å²) in [4.78, 5) is 22.7. The van der Waals surface area contributed by atoms with Gasteiger partial charge in [0, 0.05) is 17.7 Å². The SMILES string of the molecule is CC1CCCCCC1NC(=O)c1ccc(Br)c([N+](=O)[O-])c1. The van der Waals surface area contributed by atoms with Gasteiger partial charge in [-0.05, 0) is 46.8 Å². The Morgan fingerprint density at radius 1 is 1.33 bits per heavy atom. The molecule has 1 amide bonds. The van der Waals surface area contributed by atoms with Crippen molar-refractivity contribution in [2.24, 2.45) is 5.92 Å². The van der Waals surface area contributed by atoms with Crippen molar-refractivity contribution in [2.75, 3.05) is 0 Å². The number of amides is 1. The van der Waals surface area contributed by atoms with Crippen molar-refractivity contribution in [3.63, 3.8) is 0 Å². The topological polar surface area (TPSA) is 72.2 Å². The fourth-order valence-electron chi connectivity index (χ4n) is 2.75. The molecule has 2 rings (SSSR count). The summed E-state index contributed by atoms with van der Waals surface area (Å²) in [5.41, 5.74) is 0.248. The van der Waals surface area contributed by atoms with E-state index in [0.717, 1.165) is 19.3 Å². The van der Waals surface area contributed by atoms with Crippen LogP contribution in [0, 0.1) is 16.0 Å². The lowest BCUT2D eigenvalue weighted by Gasteiger charge is -2.22. The maximum Gasteiger partial charge on any atom is 0.284 e. The first kappa shape index (κ1) is 15.9. The van der Waals surface area contributed by atoms with Gasteiger partial charge in [-0.2, -0.15) is 0 Å². The Hall–Kier alpha value is -1.43. The lowest BCUT2D eigenvalue weighted by atomic mass is 9.96. The average molecular weight is 355 g/mol. The van der Waals surface area contributed by atoms with E-state index in [9.17, 15) is 14.9 Å². The van der Waals surface area contributed by atoms with Crippen LogP contribution in [0.15, 0.2) is 22.7 Å². The zero-order valence-corrected chi connectivity index (χ0v) is 13.6. The van der Waals surface area contributed by atoms with Crippen LogP contribution in [0.25, 0.3) is 0 Å². The summed E-state index contributed by atoms with van der Waals surface area (Å²) in [7, 11) is 0. The van der Waals surface area contributed by atoms with Crippen molar-refractivity contribution in [2.45, 2.75) is 45.1 Å². The van der Waals surface area contributed by atoms with Gasteiger partial charge in [0.25, 0.3) is 11.6 Å². The molecule has 114 valence electrons. The highest BCUT2D eigenvalue weighted by atomic mass is 79.9. The number of nitro groups is 1. The third-order valence-electron chi connectivity index (χ3n) is 4.08. The highest BCUT2D eigenvalue weighted by molar-refractivity contribution is 9.10. The molecule has 1 aliphatic rings. The van der Waals surface area contributed by atoms with E-state index in [0.29, 0.717) is 16.0 Å². The van der Waals surface area contributed by atoms with Crippen molar-refractivity contribution in [3.8, 4) is 0 Å². The van der Waals surface area contributed by atoms with Crippen molar-refractivity contribution >= 4 is 27.5 Å². The van der Waals surface area contributed by atoms with Gasteiger partial charge in [-0.15, -0.1) is 0 Å². The largest absolute Gasteiger partial charge is 0.349 e. The molecule has 0 spiro atoms. The molecule has 0 aromatic heterocycles. The van der Waals surface area contributed by atoms with Crippen LogP contribution in [0.2, 0.25) is 0 Å². The van der Waals surface area contributed by atoms with Gasteiger partial charge in [0.05, 0.1) is 9.40 Å². The molecule has 2 atom stereocenters. The molecule has 0 aliphatic heterocycles. The van der Waals surface area contributed by atoms with Crippen LogP contribution in [0.4, 0.5) is 5.69 Å². The van der Waals surface area contributed by atoms with E-state index in [1.807, 2.05) is 0 Å². The first-order valence-corrected chi connectivity index (χ1v) is 8.03. The minimum Gasteiger partial charge on any atom is -0.349 e. The summed E-state index contributed by atoms with van der Waals surface area (Å²) in [5, 5.41) is 14.0. The quantitative estimate of drug-likeness (QED) is 0.505. The van der Waals surface area contributed by atoms with Crippen molar-refractivity contribution in [1.29, 1.82) is 0 Å². The fraction of sp³-hybridized carbons (Fsp3) is 0.533. The third-order valence-corrected chi connectivity index (χ3v) is 4.75. The van der Waals surface area contributed by atoms with Gasteiger partial charge in [-0.3, -0.25) is 14.9 Å². The average Bonchev–Trinajstić information content (AvgIpc) is 2.64. The van der Waals surface area contributed by atoms with Gasteiger partial charge in [-0.25, -0.2) is 0 Å². The van der Waals surface area contributed by atoms with Crippen LogP contribution in [0.3, 0.4) is 0 Å². The molecule has 0 radical (unpaired) electrons. The van der Waals surface area contributed by atoms with E-state index in [1.54, 1.807) is 12.1 Å². The molecular weight excluding hydrogens is 336 g/mol. The summed E-state index contributed by atoms with van der Waals surface area (Å²) in [6.07, 6.45) is 5.63. The maximum atomic E-state index is 12.3. The van der Waals surface area contributed by atoms with Crippen molar-refractivity contribution < 1.29 is 9.72 Å². The summed E-state index contributed by atoms with van der Waals surface area (Å²) >= 11 is 3.13. The van der Waals surface area contributed by atoms with Gasteiger partial charge >= 0.3 is 0 Å². The third kappa shape index (κ3) is 4.03. The van der Waals surface area contributed by atoms with E-state index < -0.39 is 4.92 Å². The second-order valence-electron chi connectivity index (χ2n) is 5.62. The molecule has 0 saturated heterocycles. The first-order valence-electron chi connectivity index (χ1n) is 7.24. The number of carbonyl (C=O) groups excluding carboxylic acids is 1. The van der Waals surface area contributed by atoms with E-state index in [-0.39, 0.29) is 17.6 Å². The molecule has 0 bridgehead atoms. The van der Waals surface area contributed by atoms with Gasteiger partial charge in [-0.1, -0.05) is 26.2 Å². The van der Waals surface area contributed by atoms with Gasteiger partial charge in [0.15, 0.2) is 0 Å². The normalized spacial score (nSPS) is 22.4. The number of halogens is 1. The summed E-state index contributed by atoms with van der Waals surface area (Å²) in [5.74, 6) is 0.214. The molecule has 1 N–H and O–H groups in total. The van der Waals surface area contributed by atoms with Crippen LogP contribution < -0.4 is 5.32 Å². The molecule has 5 nitrogen and oxygen atoms in total. The van der Waals surface area contributed by atoms with Crippen LogP contribution >= 0.6 is 15.9 Å². The minimum absolute atomic E-state index is 0.0865. The minimum atomic E-state index is -0.491. The lowest BCUT2D eigenvalue weighted by Crippen LogP contribution is -2.38. The lowest BCUT2D eigenvalue weighted by molar-refractivity contribution is -0.385. The molecule has 1 saturated carbocycles. The smallest absolute Gasteiger partial charge is 0.284 e. The molecule has 6 heteroatoms. The first-order chi connectivity index (χ1) is 9.99. The fourth-order valence-corrected chi connectivity index (χ4v) is 3.14. The van der Waals surface area contributed by atoms with Crippen molar-refractivity contribution in [3.05, 3.63) is 38.3 Å². The Kier molecular flexibility index (Phi) is 5.33. The van der Waals surface area contributed by atoms with Crippen LogP contribution in [0.1, 0.15) is 49.4 Å². The predicted octanol–water partition coefficient (Wildman–Crippen LogP) is 4.06. The summed E-state index contributed by atoms with van der Waals surface area (Å²) in [6.45, 7) is 2.15. The molecule has 1 fully saturated rings. The Balaban J connectivity index is 2.12. The molecule has 2 unspecified atom stereocenters. The number of nitrogens with zero attached hydrogens (tertiary/aromatic N) is 1. The molecular formula is C15H19BrN2O3. The monoisotopic (exact) mass is 354 g/mol. The molecule has 1 aliphatic carbocycles. The maximum absolute atomic E-state index is 12.3. The van der Waals surface area contributed by atoms with Crippen LogP contribution in [0.5, 0.6) is 0 Å². The van der Waals surface area contributed by atoms with Gasteiger partial charge in [0.2, 0.25) is 0 Å². The molecule has 21 heavy (non-hydrogen) atoms. The number of carbonyl (C=O) groups is 1. The Morgan fingerprint density at radius 2 is 2.05 bits per heavy atom. The number of nitro benzene ring substituents is 1. The number of benzene rings is 1. The number of hydrogen-bond acceptors (Lipinski definition) is 3. The zero-order chi connectivity index (χ0) is 15.4.